The third-order valence-electron chi connectivity index (χ3n) is 5.04. The van der Waals surface area contributed by atoms with Crippen molar-refractivity contribution >= 4 is 17.2 Å². The Bertz CT molecular complexity index is 667. The van der Waals surface area contributed by atoms with Gasteiger partial charge in [-0.05, 0) is 40.8 Å². The fourth-order valence-corrected chi connectivity index (χ4v) is 4.16. The van der Waals surface area contributed by atoms with Crippen LogP contribution in [0, 0.1) is 0 Å². The lowest BCUT2D eigenvalue weighted by atomic mass is 9.77. The Balaban J connectivity index is 1.26. The molecule has 0 atom stereocenters. The van der Waals surface area contributed by atoms with Crippen LogP contribution in [0.2, 0.25) is 0 Å². The minimum absolute atomic E-state index is 0.252. The minimum Gasteiger partial charge on any atom is -0.339 e. The standard InChI is InChI=1S/C17H20N4OS/c22-16(2-1-14-7-18-13-19-8-14)20-11-17(12-20)4-5-21(17)9-15-3-6-23-10-15/h3,6-8,10,13H,1-2,4-5,9,11-12H2. The molecule has 2 aromatic rings. The number of carbonyl (C=O) groups excluding carboxylic acids is 1. The molecule has 5 nitrogen and oxygen atoms in total. The second-order valence-electron chi connectivity index (χ2n) is 6.52. The van der Waals surface area contributed by atoms with Gasteiger partial charge in [0, 0.05) is 45.0 Å². The van der Waals surface area contributed by atoms with Crippen LogP contribution in [0.4, 0.5) is 0 Å². The predicted molar refractivity (Wildman–Crippen MR) is 89.0 cm³/mol. The van der Waals surface area contributed by atoms with E-state index in [1.807, 2.05) is 4.90 Å². The Morgan fingerprint density at radius 2 is 2.09 bits per heavy atom. The molecular weight excluding hydrogens is 308 g/mol. The first kappa shape index (κ1) is 14.8. The number of amides is 1. The van der Waals surface area contributed by atoms with Crippen molar-refractivity contribution in [2.45, 2.75) is 31.3 Å². The number of thiophene rings is 1. The van der Waals surface area contributed by atoms with E-state index in [0.29, 0.717) is 6.42 Å². The van der Waals surface area contributed by atoms with Crippen LogP contribution in [0.15, 0.2) is 35.5 Å². The van der Waals surface area contributed by atoms with Crippen LogP contribution in [-0.4, -0.2) is 50.8 Å². The maximum absolute atomic E-state index is 12.3. The van der Waals surface area contributed by atoms with E-state index in [0.717, 1.165) is 38.2 Å². The molecule has 120 valence electrons. The fourth-order valence-electron chi connectivity index (χ4n) is 3.50. The molecule has 4 heterocycles. The normalized spacial score (nSPS) is 19.4. The predicted octanol–water partition coefficient (Wildman–Crippen LogP) is 1.96. The molecule has 23 heavy (non-hydrogen) atoms. The van der Waals surface area contributed by atoms with Gasteiger partial charge < -0.3 is 4.90 Å². The summed E-state index contributed by atoms with van der Waals surface area (Å²) >= 11 is 1.75. The summed E-state index contributed by atoms with van der Waals surface area (Å²) in [5.74, 6) is 0.252. The van der Waals surface area contributed by atoms with Crippen molar-refractivity contribution in [2.24, 2.45) is 0 Å². The second-order valence-corrected chi connectivity index (χ2v) is 7.30. The molecule has 1 amide bonds. The Kier molecular flexibility index (Phi) is 3.87. The highest BCUT2D eigenvalue weighted by molar-refractivity contribution is 7.07. The number of likely N-dealkylation sites (tertiary alicyclic amines) is 2. The molecule has 6 heteroatoms. The van der Waals surface area contributed by atoms with Gasteiger partial charge in [0.15, 0.2) is 0 Å². The fraction of sp³-hybridized carbons (Fsp3) is 0.471. The van der Waals surface area contributed by atoms with Gasteiger partial charge in [-0.2, -0.15) is 11.3 Å². The molecule has 2 aromatic heterocycles. The summed E-state index contributed by atoms with van der Waals surface area (Å²) in [6.07, 6.45) is 7.57. The van der Waals surface area contributed by atoms with Gasteiger partial charge in [0.25, 0.3) is 0 Å². The summed E-state index contributed by atoms with van der Waals surface area (Å²) in [5, 5.41) is 4.35. The van der Waals surface area contributed by atoms with Gasteiger partial charge in [0.05, 0.1) is 5.54 Å². The molecule has 0 unspecified atom stereocenters. The Morgan fingerprint density at radius 3 is 2.74 bits per heavy atom. The third-order valence-corrected chi connectivity index (χ3v) is 5.77. The van der Waals surface area contributed by atoms with Crippen LogP contribution in [0.25, 0.3) is 0 Å². The van der Waals surface area contributed by atoms with Crippen LogP contribution in [0.5, 0.6) is 0 Å². The van der Waals surface area contributed by atoms with Crippen molar-refractivity contribution in [1.29, 1.82) is 0 Å². The highest BCUT2D eigenvalue weighted by Gasteiger charge is 2.54. The van der Waals surface area contributed by atoms with Crippen LogP contribution in [0.1, 0.15) is 24.0 Å². The maximum Gasteiger partial charge on any atom is 0.223 e. The molecule has 0 N–H and O–H groups in total. The minimum atomic E-state index is 0.252. The van der Waals surface area contributed by atoms with Crippen molar-refractivity contribution in [1.82, 2.24) is 19.8 Å². The monoisotopic (exact) mass is 328 g/mol. The average molecular weight is 328 g/mol. The van der Waals surface area contributed by atoms with E-state index in [2.05, 4.69) is 31.7 Å². The first-order chi connectivity index (χ1) is 11.3. The zero-order chi connectivity index (χ0) is 15.7. The maximum atomic E-state index is 12.3. The molecule has 0 bridgehead atoms. The van der Waals surface area contributed by atoms with Crippen molar-refractivity contribution in [3.8, 4) is 0 Å². The quantitative estimate of drug-likeness (QED) is 0.842. The molecule has 2 fully saturated rings. The van der Waals surface area contributed by atoms with Gasteiger partial charge in [0.2, 0.25) is 5.91 Å². The largest absolute Gasteiger partial charge is 0.339 e. The van der Waals surface area contributed by atoms with Crippen molar-refractivity contribution in [2.75, 3.05) is 19.6 Å². The number of aromatic nitrogens is 2. The van der Waals surface area contributed by atoms with E-state index in [1.54, 1.807) is 23.7 Å². The molecule has 0 radical (unpaired) electrons. The van der Waals surface area contributed by atoms with E-state index >= 15 is 0 Å². The number of hydrogen-bond acceptors (Lipinski definition) is 5. The molecule has 2 aliphatic heterocycles. The molecule has 2 saturated heterocycles. The number of carbonyl (C=O) groups is 1. The van der Waals surface area contributed by atoms with Crippen LogP contribution >= 0.6 is 11.3 Å². The zero-order valence-electron chi connectivity index (χ0n) is 13.0. The van der Waals surface area contributed by atoms with Crippen LogP contribution in [0.3, 0.4) is 0 Å². The van der Waals surface area contributed by atoms with Crippen molar-refractivity contribution in [3.05, 3.63) is 46.7 Å². The molecule has 0 aliphatic carbocycles. The molecule has 2 aliphatic rings. The first-order valence-electron chi connectivity index (χ1n) is 8.03. The lowest BCUT2D eigenvalue weighted by molar-refractivity contribution is -0.162. The van der Waals surface area contributed by atoms with Crippen molar-refractivity contribution < 1.29 is 4.79 Å². The van der Waals surface area contributed by atoms with Gasteiger partial charge in [-0.3, -0.25) is 9.69 Å². The van der Waals surface area contributed by atoms with Gasteiger partial charge in [-0.25, -0.2) is 9.97 Å². The van der Waals surface area contributed by atoms with E-state index in [9.17, 15) is 4.79 Å². The number of hydrogen-bond donors (Lipinski definition) is 0. The Morgan fingerprint density at radius 1 is 1.26 bits per heavy atom. The first-order valence-corrected chi connectivity index (χ1v) is 8.97. The molecule has 0 saturated carbocycles. The van der Waals surface area contributed by atoms with Crippen LogP contribution < -0.4 is 0 Å². The average Bonchev–Trinajstić information content (AvgIpc) is 3.03. The van der Waals surface area contributed by atoms with Gasteiger partial charge >= 0.3 is 0 Å². The van der Waals surface area contributed by atoms with E-state index in [-0.39, 0.29) is 11.4 Å². The summed E-state index contributed by atoms with van der Waals surface area (Å²) in [4.78, 5) is 24.8. The Hall–Kier alpha value is -1.79. The zero-order valence-corrected chi connectivity index (χ0v) is 13.8. The lowest BCUT2D eigenvalue weighted by Crippen LogP contribution is -2.77. The highest BCUT2D eigenvalue weighted by Crippen LogP contribution is 2.40. The number of nitrogens with zero attached hydrogens (tertiary/aromatic N) is 4. The van der Waals surface area contributed by atoms with E-state index in [1.165, 1.54) is 18.3 Å². The number of rotatable bonds is 5. The van der Waals surface area contributed by atoms with Gasteiger partial charge in [-0.15, -0.1) is 0 Å². The highest BCUT2D eigenvalue weighted by atomic mass is 32.1. The van der Waals surface area contributed by atoms with Gasteiger partial charge in [-0.1, -0.05) is 0 Å². The second kappa shape index (κ2) is 6.02. The summed E-state index contributed by atoms with van der Waals surface area (Å²) in [7, 11) is 0. The molecular formula is C17H20N4OS. The molecule has 4 rings (SSSR count). The molecule has 1 spiro atoms. The summed E-state index contributed by atoms with van der Waals surface area (Å²) in [6.45, 7) is 3.95. The summed E-state index contributed by atoms with van der Waals surface area (Å²) < 4.78 is 0. The van der Waals surface area contributed by atoms with Crippen molar-refractivity contribution in [3.63, 3.8) is 0 Å². The van der Waals surface area contributed by atoms with Crippen LogP contribution in [-0.2, 0) is 17.8 Å². The topological polar surface area (TPSA) is 49.3 Å². The number of aryl methyl sites for hydroxylation is 1. The van der Waals surface area contributed by atoms with Gasteiger partial charge in [0.1, 0.15) is 6.33 Å². The van der Waals surface area contributed by atoms with E-state index in [4.69, 9.17) is 0 Å². The lowest BCUT2D eigenvalue weighted by Gasteiger charge is -2.62. The molecule has 0 aromatic carbocycles. The summed E-state index contributed by atoms with van der Waals surface area (Å²) in [6, 6.07) is 2.19. The Labute approximate surface area is 140 Å². The summed E-state index contributed by atoms with van der Waals surface area (Å²) in [5.41, 5.74) is 2.68. The smallest absolute Gasteiger partial charge is 0.223 e. The van der Waals surface area contributed by atoms with E-state index < -0.39 is 0 Å². The third kappa shape index (κ3) is 2.88. The SMILES string of the molecule is O=C(CCc1cncnc1)N1CC2(CCN2Cc2ccsc2)C1.